The van der Waals surface area contributed by atoms with E-state index in [1.165, 1.54) is 12.1 Å². The molecule has 1 unspecified atom stereocenters. The van der Waals surface area contributed by atoms with Gasteiger partial charge in [-0.15, -0.1) is 4.41 Å². The van der Waals surface area contributed by atoms with Gasteiger partial charge in [0.15, 0.2) is 0 Å². The van der Waals surface area contributed by atoms with Gasteiger partial charge in [0.05, 0.1) is 10.8 Å². The maximum atomic E-state index is 12.7. The number of amides is 1. The van der Waals surface area contributed by atoms with Crippen LogP contribution in [0.25, 0.3) is 0 Å². The molecule has 2 aromatic rings. The third-order valence-electron chi connectivity index (χ3n) is 4.19. The van der Waals surface area contributed by atoms with Crippen LogP contribution in [-0.2, 0) is 21.2 Å². The Balaban J connectivity index is 1.90. The van der Waals surface area contributed by atoms with Gasteiger partial charge in [-0.05, 0) is 43.5 Å². The summed E-state index contributed by atoms with van der Waals surface area (Å²) in [5.41, 5.74) is 2.61. The fraction of sp³-hybridized carbons (Fsp3) is 0.222. The highest BCUT2D eigenvalue weighted by molar-refractivity contribution is 7.89. The van der Waals surface area contributed by atoms with Gasteiger partial charge in [0.2, 0.25) is 0 Å². The van der Waals surface area contributed by atoms with Crippen LogP contribution in [0.5, 0.6) is 0 Å². The zero-order valence-corrected chi connectivity index (χ0v) is 14.3. The minimum atomic E-state index is -3.96. The van der Waals surface area contributed by atoms with Crippen LogP contribution in [-0.4, -0.2) is 24.5 Å². The van der Waals surface area contributed by atoms with Gasteiger partial charge in [0.1, 0.15) is 0 Å². The number of hydrazone groups is 1. The van der Waals surface area contributed by atoms with Gasteiger partial charge in [-0.3, -0.25) is 4.79 Å². The predicted molar refractivity (Wildman–Crippen MR) is 92.0 cm³/mol. The third kappa shape index (κ3) is 2.85. The fourth-order valence-corrected chi connectivity index (χ4v) is 4.03. The second kappa shape index (κ2) is 6.20. The van der Waals surface area contributed by atoms with Gasteiger partial charge in [-0.1, -0.05) is 42.5 Å². The fourth-order valence-electron chi connectivity index (χ4n) is 2.73. The molecule has 0 bridgehead atoms. The molecule has 0 radical (unpaired) electrons. The first-order valence-electron chi connectivity index (χ1n) is 7.65. The molecule has 0 N–H and O–H groups in total. The predicted octanol–water partition coefficient (Wildman–Crippen LogP) is 2.76. The van der Waals surface area contributed by atoms with E-state index in [1.54, 1.807) is 25.1 Å². The molecule has 0 saturated heterocycles. The largest absolute Gasteiger partial charge is 0.286 e. The van der Waals surface area contributed by atoms with Crippen LogP contribution in [0.3, 0.4) is 0 Å². The monoisotopic (exact) mass is 342 g/mol. The van der Waals surface area contributed by atoms with Crippen molar-refractivity contribution in [3.05, 3.63) is 65.7 Å². The van der Waals surface area contributed by atoms with Gasteiger partial charge in [-0.25, -0.2) is 0 Å². The van der Waals surface area contributed by atoms with E-state index in [0.29, 0.717) is 16.5 Å². The number of hydrogen-bond acceptors (Lipinski definition) is 4. The molecule has 0 fully saturated rings. The second-order valence-corrected chi connectivity index (χ2v) is 7.59. The van der Waals surface area contributed by atoms with Crippen LogP contribution in [0.2, 0.25) is 0 Å². The lowest BCUT2D eigenvalue weighted by molar-refractivity contribution is -0.127. The minimum Gasteiger partial charge on any atom is -0.271 e. The molecule has 1 aliphatic heterocycles. The van der Waals surface area contributed by atoms with Crippen molar-refractivity contribution in [2.24, 2.45) is 11.0 Å². The number of sulfonamides is 1. The molecular formula is C18H18N2O3S. The van der Waals surface area contributed by atoms with E-state index in [-0.39, 0.29) is 4.90 Å². The number of rotatable bonds is 4. The molecule has 0 saturated carbocycles. The zero-order valence-electron chi connectivity index (χ0n) is 13.5. The summed E-state index contributed by atoms with van der Waals surface area (Å²) in [4.78, 5) is 12.7. The molecule has 5 nitrogen and oxygen atoms in total. The molecule has 0 aromatic heterocycles. The molecule has 1 aliphatic rings. The molecule has 1 heterocycles. The summed E-state index contributed by atoms with van der Waals surface area (Å²) in [6.07, 6.45) is 0.446. The Morgan fingerprint density at radius 2 is 1.62 bits per heavy atom. The Morgan fingerprint density at radius 1 is 1.00 bits per heavy atom. The number of aryl methyl sites for hydroxylation is 1. The number of carbonyl (C=O) groups excluding carboxylic acids is 1. The molecule has 1 amide bonds. The van der Waals surface area contributed by atoms with Crippen LogP contribution in [0.1, 0.15) is 18.1 Å². The Bertz CT molecular complexity index is 905. The van der Waals surface area contributed by atoms with Crippen LogP contribution >= 0.6 is 0 Å². The molecule has 2 aromatic carbocycles. The van der Waals surface area contributed by atoms with Gasteiger partial charge >= 0.3 is 0 Å². The van der Waals surface area contributed by atoms with E-state index in [9.17, 15) is 13.2 Å². The molecule has 1 atom stereocenters. The molecule has 6 heteroatoms. The van der Waals surface area contributed by atoms with Crippen molar-refractivity contribution in [1.82, 2.24) is 4.41 Å². The van der Waals surface area contributed by atoms with Gasteiger partial charge < -0.3 is 0 Å². The zero-order chi connectivity index (χ0) is 17.3. The summed E-state index contributed by atoms with van der Waals surface area (Å²) in [5.74, 6) is -1.05. The maximum absolute atomic E-state index is 12.7. The van der Waals surface area contributed by atoms with Crippen molar-refractivity contribution < 1.29 is 13.2 Å². The average molecular weight is 342 g/mol. The van der Waals surface area contributed by atoms with Crippen LogP contribution in [0, 0.1) is 12.8 Å². The highest BCUT2D eigenvalue weighted by atomic mass is 32.2. The molecular weight excluding hydrogens is 324 g/mol. The SMILES string of the molecule is CC1=NN(S(=O)(=O)c2ccccc2)C(=O)C1Cc1ccccc1C. The van der Waals surface area contributed by atoms with E-state index in [2.05, 4.69) is 5.10 Å². The van der Waals surface area contributed by atoms with Crippen LogP contribution < -0.4 is 0 Å². The van der Waals surface area contributed by atoms with Crippen molar-refractivity contribution in [3.63, 3.8) is 0 Å². The lowest BCUT2D eigenvalue weighted by Gasteiger charge is -2.15. The lowest BCUT2D eigenvalue weighted by Crippen LogP contribution is -2.33. The third-order valence-corrected chi connectivity index (χ3v) is 5.78. The quantitative estimate of drug-likeness (QED) is 0.858. The molecule has 0 aliphatic carbocycles. The molecule has 0 spiro atoms. The standard InChI is InChI=1S/C18H18N2O3S/c1-13-8-6-7-9-15(13)12-17-14(2)19-20(18(17)21)24(22,23)16-10-4-3-5-11-16/h3-11,17H,12H2,1-2H3. The van der Waals surface area contributed by atoms with Crippen molar-refractivity contribution in [1.29, 1.82) is 0 Å². The summed E-state index contributed by atoms with van der Waals surface area (Å²) in [6.45, 7) is 3.67. The molecule has 124 valence electrons. The first-order chi connectivity index (χ1) is 11.4. The summed E-state index contributed by atoms with van der Waals surface area (Å²) in [6, 6.07) is 15.6. The Labute approximate surface area is 141 Å². The summed E-state index contributed by atoms with van der Waals surface area (Å²) in [5, 5.41) is 4.04. The highest BCUT2D eigenvalue weighted by Crippen LogP contribution is 2.27. The van der Waals surface area contributed by atoms with Gasteiger partial charge in [0, 0.05) is 5.71 Å². The smallest absolute Gasteiger partial charge is 0.271 e. The molecule has 24 heavy (non-hydrogen) atoms. The van der Waals surface area contributed by atoms with E-state index in [4.69, 9.17) is 0 Å². The normalized spacial score (nSPS) is 17.9. The first-order valence-corrected chi connectivity index (χ1v) is 9.09. The number of benzene rings is 2. The minimum absolute atomic E-state index is 0.0615. The van der Waals surface area contributed by atoms with Crippen LogP contribution in [0.4, 0.5) is 0 Å². The lowest BCUT2D eigenvalue weighted by atomic mass is 9.93. The van der Waals surface area contributed by atoms with Crippen LogP contribution in [0.15, 0.2) is 64.6 Å². The van der Waals surface area contributed by atoms with E-state index >= 15 is 0 Å². The number of nitrogens with zero attached hydrogens (tertiary/aromatic N) is 2. The van der Waals surface area contributed by atoms with E-state index < -0.39 is 21.8 Å². The van der Waals surface area contributed by atoms with Crippen molar-refractivity contribution in [2.45, 2.75) is 25.2 Å². The number of hydrogen-bond donors (Lipinski definition) is 0. The molecule has 3 rings (SSSR count). The summed E-state index contributed by atoms with van der Waals surface area (Å²) >= 11 is 0. The average Bonchev–Trinajstić information content (AvgIpc) is 2.86. The topological polar surface area (TPSA) is 66.8 Å². The van der Waals surface area contributed by atoms with Crippen molar-refractivity contribution >= 4 is 21.6 Å². The van der Waals surface area contributed by atoms with Crippen molar-refractivity contribution in [3.8, 4) is 0 Å². The first kappa shape index (κ1) is 16.4. The summed E-state index contributed by atoms with van der Waals surface area (Å²) in [7, 11) is -3.96. The van der Waals surface area contributed by atoms with E-state index in [0.717, 1.165) is 11.1 Å². The summed E-state index contributed by atoms with van der Waals surface area (Å²) < 4.78 is 25.9. The Morgan fingerprint density at radius 3 is 2.29 bits per heavy atom. The Kier molecular flexibility index (Phi) is 4.24. The highest BCUT2D eigenvalue weighted by Gasteiger charge is 2.41. The van der Waals surface area contributed by atoms with Gasteiger partial charge in [0.25, 0.3) is 15.9 Å². The van der Waals surface area contributed by atoms with Crippen molar-refractivity contribution in [2.75, 3.05) is 0 Å². The van der Waals surface area contributed by atoms with Gasteiger partial charge in [-0.2, -0.15) is 13.5 Å². The Hall–Kier alpha value is -2.47. The maximum Gasteiger partial charge on any atom is 0.286 e. The van der Waals surface area contributed by atoms with E-state index in [1.807, 2.05) is 31.2 Å². The second-order valence-electron chi connectivity index (χ2n) is 5.82. The number of carbonyl (C=O) groups is 1.